The van der Waals surface area contributed by atoms with Crippen molar-refractivity contribution in [1.82, 2.24) is 14.5 Å². The van der Waals surface area contributed by atoms with E-state index in [0.29, 0.717) is 27.7 Å². The highest BCUT2D eigenvalue weighted by molar-refractivity contribution is 7.98. The number of aromatic nitrogens is 3. The van der Waals surface area contributed by atoms with E-state index in [-0.39, 0.29) is 5.56 Å². The van der Waals surface area contributed by atoms with Gasteiger partial charge in [-0.1, -0.05) is 30.0 Å². The van der Waals surface area contributed by atoms with E-state index in [1.165, 1.54) is 11.8 Å². The molecule has 1 aromatic carbocycles. The van der Waals surface area contributed by atoms with Gasteiger partial charge >= 0.3 is 0 Å². The maximum Gasteiger partial charge on any atom is 0.261 e. The Hall–Kier alpha value is -2.38. The van der Waals surface area contributed by atoms with Gasteiger partial charge in [-0.05, 0) is 23.6 Å². The number of hydrogen-bond acceptors (Lipinski definition) is 6. The van der Waals surface area contributed by atoms with Crippen molar-refractivity contribution in [2.75, 3.05) is 0 Å². The second kappa shape index (κ2) is 6.26. The molecule has 0 fully saturated rings. The summed E-state index contributed by atoms with van der Waals surface area (Å²) in [6, 6.07) is 11.3. The van der Waals surface area contributed by atoms with Gasteiger partial charge in [-0.2, -0.15) is 0 Å². The molecular weight excluding hydrogens is 342 g/mol. The first-order valence-corrected chi connectivity index (χ1v) is 9.16. The van der Waals surface area contributed by atoms with Crippen LogP contribution in [0.2, 0.25) is 0 Å². The summed E-state index contributed by atoms with van der Waals surface area (Å²) in [4.78, 5) is 22.5. The molecule has 0 unspecified atom stereocenters. The average molecular weight is 355 g/mol. The van der Waals surface area contributed by atoms with Crippen LogP contribution in [-0.2, 0) is 12.8 Å². The standard InChI is InChI=1S/C17H13N3O2S2/c1-20-16(21)12-5-2-3-6-13(12)19-17(20)24-10-11-9-22-15(18-11)14-7-4-8-23-14/h2-9H,10H2,1H3. The van der Waals surface area contributed by atoms with Crippen molar-refractivity contribution in [3.8, 4) is 10.8 Å². The van der Waals surface area contributed by atoms with Crippen molar-refractivity contribution in [2.45, 2.75) is 10.9 Å². The van der Waals surface area contributed by atoms with Gasteiger partial charge in [0.25, 0.3) is 5.56 Å². The van der Waals surface area contributed by atoms with Crippen molar-refractivity contribution < 1.29 is 4.42 Å². The number of hydrogen-bond donors (Lipinski definition) is 0. The molecule has 3 heterocycles. The van der Waals surface area contributed by atoms with Gasteiger partial charge in [0, 0.05) is 12.8 Å². The molecule has 3 aromatic heterocycles. The van der Waals surface area contributed by atoms with E-state index in [0.717, 1.165) is 10.6 Å². The molecule has 4 aromatic rings. The van der Waals surface area contributed by atoms with Gasteiger partial charge in [-0.25, -0.2) is 9.97 Å². The van der Waals surface area contributed by atoms with Crippen LogP contribution in [0.15, 0.2) is 62.4 Å². The van der Waals surface area contributed by atoms with Crippen LogP contribution < -0.4 is 5.56 Å². The highest BCUT2D eigenvalue weighted by atomic mass is 32.2. The Kier molecular flexibility index (Phi) is 3.95. The van der Waals surface area contributed by atoms with E-state index in [1.807, 2.05) is 35.7 Å². The Bertz CT molecular complexity index is 1050. The van der Waals surface area contributed by atoms with Crippen LogP contribution in [0.25, 0.3) is 21.7 Å². The Morgan fingerprint density at radius 1 is 1.21 bits per heavy atom. The number of rotatable bonds is 4. The number of thiophene rings is 1. The molecule has 0 N–H and O–H groups in total. The first-order valence-electron chi connectivity index (χ1n) is 7.29. The van der Waals surface area contributed by atoms with E-state index in [1.54, 1.807) is 35.3 Å². The first-order chi connectivity index (χ1) is 11.7. The van der Waals surface area contributed by atoms with Crippen LogP contribution in [0.3, 0.4) is 0 Å². The number of benzene rings is 1. The number of nitrogens with zero attached hydrogens (tertiary/aromatic N) is 3. The summed E-state index contributed by atoms with van der Waals surface area (Å²) in [6.45, 7) is 0. The molecule has 0 saturated heterocycles. The summed E-state index contributed by atoms with van der Waals surface area (Å²) in [6.07, 6.45) is 1.65. The Balaban J connectivity index is 1.59. The lowest BCUT2D eigenvalue weighted by Gasteiger charge is -2.07. The SMILES string of the molecule is Cn1c(SCc2coc(-c3cccs3)n2)nc2ccccc2c1=O. The first kappa shape index (κ1) is 15.2. The highest BCUT2D eigenvalue weighted by Crippen LogP contribution is 2.26. The molecule has 0 aliphatic carbocycles. The molecule has 5 nitrogen and oxygen atoms in total. The zero-order valence-electron chi connectivity index (χ0n) is 12.8. The molecule has 0 radical (unpaired) electrons. The molecule has 0 bridgehead atoms. The van der Waals surface area contributed by atoms with E-state index in [2.05, 4.69) is 9.97 Å². The average Bonchev–Trinajstić information content (AvgIpc) is 3.28. The molecular formula is C17H13N3O2S2. The molecule has 0 saturated carbocycles. The third kappa shape index (κ3) is 2.76. The molecule has 0 atom stereocenters. The topological polar surface area (TPSA) is 60.9 Å². The monoisotopic (exact) mass is 355 g/mol. The molecule has 0 aliphatic heterocycles. The number of para-hydroxylation sites is 1. The minimum absolute atomic E-state index is 0.0393. The third-order valence-electron chi connectivity index (χ3n) is 3.57. The number of fused-ring (bicyclic) bond motifs is 1. The van der Waals surface area contributed by atoms with E-state index in [9.17, 15) is 4.79 Å². The van der Waals surface area contributed by atoms with E-state index in [4.69, 9.17) is 4.42 Å². The molecule has 0 amide bonds. The van der Waals surface area contributed by atoms with Crippen molar-refractivity contribution in [3.05, 3.63) is 64.1 Å². The molecule has 7 heteroatoms. The minimum Gasteiger partial charge on any atom is -0.444 e. The summed E-state index contributed by atoms with van der Waals surface area (Å²) in [7, 11) is 1.74. The minimum atomic E-state index is -0.0393. The summed E-state index contributed by atoms with van der Waals surface area (Å²) in [5, 5.41) is 3.29. The predicted octanol–water partition coefficient (Wildman–Crippen LogP) is 3.94. The Morgan fingerprint density at radius 3 is 2.92 bits per heavy atom. The molecule has 0 aliphatic rings. The second-order valence-corrected chi connectivity index (χ2v) is 7.08. The summed E-state index contributed by atoms with van der Waals surface area (Å²) < 4.78 is 7.10. The molecule has 24 heavy (non-hydrogen) atoms. The van der Waals surface area contributed by atoms with Gasteiger partial charge in [-0.3, -0.25) is 9.36 Å². The zero-order valence-corrected chi connectivity index (χ0v) is 14.4. The fourth-order valence-electron chi connectivity index (χ4n) is 2.35. The van der Waals surface area contributed by atoms with Crippen LogP contribution in [-0.4, -0.2) is 14.5 Å². The van der Waals surface area contributed by atoms with Crippen molar-refractivity contribution in [2.24, 2.45) is 7.05 Å². The number of thioether (sulfide) groups is 1. The summed E-state index contributed by atoms with van der Waals surface area (Å²) in [5.41, 5.74) is 1.50. The quantitative estimate of drug-likeness (QED) is 0.410. The van der Waals surface area contributed by atoms with Gasteiger partial charge in [0.1, 0.15) is 6.26 Å². The van der Waals surface area contributed by atoms with E-state index < -0.39 is 0 Å². The van der Waals surface area contributed by atoms with Gasteiger partial charge in [0.15, 0.2) is 5.16 Å². The van der Waals surface area contributed by atoms with Gasteiger partial charge in [-0.15, -0.1) is 11.3 Å². The van der Waals surface area contributed by atoms with Crippen LogP contribution in [0.5, 0.6) is 0 Å². The maximum atomic E-state index is 12.4. The largest absolute Gasteiger partial charge is 0.444 e. The lowest BCUT2D eigenvalue weighted by Crippen LogP contribution is -2.19. The van der Waals surface area contributed by atoms with Crippen molar-refractivity contribution >= 4 is 34.0 Å². The fourth-order valence-corrected chi connectivity index (χ4v) is 3.86. The maximum absolute atomic E-state index is 12.4. The van der Waals surface area contributed by atoms with Crippen molar-refractivity contribution in [3.63, 3.8) is 0 Å². The van der Waals surface area contributed by atoms with Crippen LogP contribution >= 0.6 is 23.1 Å². The van der Waals surface area contributed by atoms with Crippen LogP contribution in [0.4, 0.5) is 0 Å². The van der Waals surface area contributed by atoms with Gasteiger partial charge in [0.2, 0.25) is 5.89 Å². The predicted molar refractivity (Wildman–Crippen MR) is 96.4 cm³/mol. The zero-order chi connectivity index (χ0) is 16.5. The van der Waals surface area contributed by atoms with E-state index >= 15 is 0 Å². The Labute approximate surface area is 146 Å². The summed E-state index contributed by atoms with van der Waals surface area (Å²) >= 11 is 3.06. The smallest absolute Gasteiger partial charge is 0.261 e. The Morgan fingerprint density at radius 2 is 2.08 bits per heavy atom. The fraction of sp³-hybridized carbons (Fsp3) is 0.118. The number of oxazole rings is 1. The summed E-state index contributed by atoms with van der Waals surface area (Å²) in [5.74, 6) is 1.22. The highest BCUT2D eigenvalue weighted by Gasteiger charge is 2.11. The van der Waals surface area contributed by atoms with Crippen molar-refractivity contribution in [1.29, 1.82) is 0 Å². The lowest BCUT2D eigenvalue weighted by atomic mass is 10.2. The third-order valence-corrected chi connectivity index (χ3v) is 5.50. The molecule has 120 valence electrons. The van der Waals surface area contributed by atoms with Gasteiger partial charge < -0.3 is 4.42 Å². The second-order valence-electron chi connectivity index (χ2n) is 5.19. The normalized spacial score (nSPS) is 11.2. The molecule has 4 rings (SSSR count). The van der Waals surface area contributed by atoms with Crippen LogP contribution in [0, 0.1) is 0 Å². The van der Waals surface area contributed by atoms with Crippen LogP contribution in [0.1, 0.15) is 5.69 Å². The molecule has 0 spiro atoms. The lowest BCUT2D eigenvalue weighted by molar-refractivity contribution is 0.575. The van der Waals surface area contributed by atoms with Gasteiger partial charge in [0.05, 0.1) is 21.5 Å².